The summed E-state index contributed by atoms with van der Waals surface area (Å²) in [6.07, 6.45) is -2.63. The van der Waals surface area contributed by atoms with Gasteiger partial charge in [0.25, 0.3) is 0 Å². The monoisotopic (exact) mass is 278 g/mol. The lowest BCUT2D eigenvalue weighted by molar-refractivity contribution is -0.149. The Morgan fingerprint density at radius 3 is 2.89 bits per heavy atom. The Morgan fingerprint density at radius 2 is 2.32 bits per heavy atom. The summed E-state index contributed by atoms with van der Waals surface area (Å²) in [5.41, 5.74) is -2.37. The zero-order chi connectivity index (χ0) is 14.3. The van der Waals surface area contributed by atoms with Crippen LogP contribution in [0, 0.1) is 0 Å². The van der Waals surface area contributed by atoms with Crippen LogP contribution in [-0.4, -0.2) is 33.2 Å². The fraction of sp³-hybridized carbons (Fsp3) is 0.636. The molecule has 0 aliphatic carbocycles. The molecule has 1 aliphatic rings. The first kappa shape index (κ1) is 13.9. The first-order chi connectivity index (χ1) is 8.75. The van der Waals surface area contributed by atoms with Crippen molar-refractivity contribution in [2.75, 3.05) is 6.54 Å². The predicted molar refractivity (Wildman–Crippen MR) is 57.2 cm³/mol. The third-order valence-electron chi connectivity index (χ3n) is 3.52. The number of halogens is 3. The van der Waals surface area contributed by atoms with Gasteiger partial charge in [-0.3, -0.25) is 9.69 Å². The normalized spacial score (nSPS) is 24.8. The Morgan fingerprint density at radius 1 is 1.63 bits per heavy atom. The summed E-state index contributed by atoms with van der Waals surface area (Å²) < 4.78 is 42.3. The zero-order valence-corrected chi connectivity index (χ0v) is 10.2. The van der Waals surface area contributed by atoms with E-state index in [0.717, 1.165) is 6.26 Å². The van der Waals surface area contributed by atoms with Crippen LogP contribution in [0.3, 0.4) is 0 Å². The van der Waals surface area contributed by atoms with Crippen molar-refractivity contribution in [3.8, 4) is 0 Å². The number of carboxylic acids is 1. The van der Waals surface area contributed by atoms with Gasteiger partial charge in [-0.25, -0.2) is 0 Å². The second-order valence-corrected chi connectivity index (χ2v) is 4.79. The number of nitrogens with zero attached hydrogens (tertiary/aromatic N) is 2. The number of aliphatic carboxylic acids is 1. The molecule has 0 saturated carbocycles. The molecule has 2 heterocycles. The number of hydrogen-bond donors (Lipinski definition) is 1. The maximum Gasteiger partial charge on any atom is 0.437 e. The van der Waals surface area contributed by atoms with Gasteiger partial charge >= 0.3 is 12.1 Å². The lowest BCUT2D eigenvalue weighted by atomic mass is 9.99. The number of hydrogen-bond acceptors (Lipinski definition) is 4. The number of likely N-dealkylation sites (tertiary alicyclic amines) is 1. The molecular formula is C11H13F3N2O3. The number of carbonyl (C=O) groups is 1. The molecule has 1 atom stereocenters. The van der Waals surface area contributed by atoms with Crippen molar-refractivity contribution in [3.05, 3.63) is 17.5 Å². The summed E-state index contributed by atoms with van der Waals surface area (Å²) in [7, 11) is 0. The van der Waals surface area contributed by atoms with E-state index in [9.17, 15) is 23.1 Å². The van der Waals surface area contributed by atoms with E-state index in [1.807, 2.05) is 0 Å². The van der Waals surface area contributed by atoms with Crippen LogP contribution >= 0.6 is 0 Å². The van der Waals surface area contributed by atoms with Gasteiger partial charge in [0.15, 0.2) is 5.69 Å². The van der Waals surface area contributed by atoms with E-state index in [0.29, 0.717) is 19.4 Å². The molecule has 0 amide bonds. The van der Waals surface area contributed by atoms with E-state index in [2.05, 4.69) is 9.68 Å². The molecular weight excluding hydrogens is 265 g/mol. The van der Waals surface area contributed by atoms with Crippen LogP contribution in [0.5, 0.6) is 0 Å². The van der Waals surface area contributed by atoms with Crippen LogP contribution in [0.1, 0.15) is 31.0 Å². The first-order valence-electron chi connectivity index (χ1n) is 5.74. The minimum Gasteiger partial charge on any atom is -0.480 e. The highest BCUT2D eigenvalue weighted by Gasteiger charge is 2.45. The molecule has 0 unspecified atom stereocenters. The maximum absolute atomic E-state index is 12.6. The van der Waals surface area contributed by atoms with E-state index in [4.69, 9.17) is 0 Å². The second kappa shape index (κ2) is 4.52. The molecule has 0 radical (unpaired) electrons. The largest absolute Gasteiger partial charge is 0.480 e. The molecule has 19 heavy (non-hydrogen) atoms. The average Bonchev–Trinajstić information content (AvgIpc) is 2.87. The average molecular weight is 278 g/mol. The summed E-state index contributed by atoms with van der Waals surface area (Å²) in [6, 6.07) is 0. The molecule has 8 heteroatoms. The van der Waals surface area contributed by atoms with Crippen LogP contribution < -0.4 is 0 Å². The summed E-state index contributed by atoms with van der Waals surface area (Å²) >= 11 is 0. The molecule has 1 saturated heterocycles. The zero-order valence-electron chi connectivity index (χ0n) is 10.2. The van der Waals surface area contributed by atoms with Gasteiger partial charge in [-0.2, -0.15) is 13.2 Å². The van der Waals surface area contributed by atoms with Crippen molar-refractivity contribution in [1.29, 1.82) is 0 Å². The molecule has 1 N–H and O–H groups in total. The lowest BCUT2D eigenvalue weighted by Gasteiger charge is -2.30. The van der Waals surface area contributed by atoms with Gasteiger partial charge in [0.2, 0.25) is 0 Å². The fourth-order valence-corrected chi connectivity index (χ4v) is 2.32. The second-order valence-electron chi connectivity index (χ2n) is 4.79. The van der Waals surface area contributed by atoms with Crippen LogP contribution in [0.2, 0.25) is 0 Å². The molecule has 1 aromatic heterocycles. The SMILES string of the molecule is C[C@@]1(C(=O)O)CCCN1Cc1conc1C(F)(F)F. The fourth-order valence-electron chi connectivity index (χ4n) is 2.32. The van der Waals surface area contributed by atoms with E-state index in [-0.39, 0.29) is 12.1 Å². The van der Waals surface area contributed by atoms with Gasteiger partial charge in [0.05, 0.1) is 0 Å². The van der Waals surface area contributed by atoms with Crippen LogP contribution in [0.25, 0.3) is 0 Å². The van der Waals surface area contributed by atoms with Gasteiger partial charge in [-0.1, -0.05) is 5.16 Å². The third-order valence-corrected chi connectivity index (χ3v) is 3.52. The summed E-state index contributed by atoms with van der Waals surface area (Å²) in [4.78, 5) is 12.8. The van der Waals surface area contributed by atoms with Gasteiger partial charge in [0, 0.05) is 12.1 Å². The highest BCUT2D eigenvalue weighted by molar-refractivity contribution is 5.78. The van der Waals surface area contributed by atoms with E-state index >= 15 is 0 Å². The van der Waals surface area contributed by atoms with Gasteiger partial charge < -0.3 is 9.63 Å². The quantitative estimate of drug-likeness (QED) is 0.917. The molecule has 0 spiro atoms. The Kier molecular flexibility index (Phi) is 3.29. The van der Waals surface area contributed by atoms with Crippen molar-refractivity contribution >= 4 is 5.97 Å². The number of rotatable bonds is 3. The van der Waals surface area contributed by atoms with Crippen molar-refractivity contribution < 1.29 is 27.6 Å². The highest BCUT2D eigenvalue weighted by atomic mass is 19.4. The molecule has 2 rings (SSSR count). The summed E-state index contributed by atoms with van der Waals surface area (Å²) in [5.74, 6) is -1.03. The Balaban J connectivity index is 2.23. The van der Waals surface area contributed by atoms with E-state index in [1.54, 1.807) is 0 Å². The summed E-state index contributed by atoms with van der Waals surface area (Å²) in [6.45, 7) is 1.82. The molecule has 0 bridgehead atoms. The maximum atomic E-state index is 12.6. The van der Waals surface area contributed by atoms with Gasteiger partial charge in [-0.15, -0.1) is 0 Å². The molecule has 1 aliphatic heterocycles. The van der Waals surface area contributed by atoms with E-state index in [1.165, 1.54) is 11.8 Å². The Labute approximate surface area is 107 Å². The van der Waals surface area contributed by atoms with Crippen molar-refractivity contribution in [1.82, 2.24) is 10.1 Å². The predicted octanol–water partition coefficient (Wildman–Crippen LogP) is 2.13. The number of aromatic nitrogens is 1. The Hall–Kier alpha value is -1.57. The first-order valence-corrected chi connectivity index (χ1v) is 5.74. The highest BCUT2D eigenvalue weighted by Crippen LogP contribution is 2.35. The van der Waals surface area contributed by atoms with Crippen molar-refractivity contribution in [2.45, 2.75) is 38.0 Å². The number of carboxylic acid groups (broad SMARTS) is 1. The Bertz CT molecular complexity index is 486. The molecule has 5 nitrogen and oxygen atoms in total. The van der Waals surface area contributed by atoms with Crippen LogP contribution in [-0.2, 0) is 17.5 Å². The third kappa shape index (κ3) is 2.44. The van der Waals surface area contributed by atoms with Crippen molar-refractivity contribution in [2.24, 2.45) is 0 Å². The lowest BCUT2D eigenvalue weighted by Crippen LogP contribution is -2.47. The smallest absolute Gasteiger partial charge is 0.437 e. The standard InChI is InChI=1S/C11H13F3N2O3/c1-10(9(17)18)3-2-4-16(10)5-7-6-19-15-8(7)11(12,13)14/h6H,2-5H2,1H3,(H,17,18)/t10-/m0/s1. The van der Waals surface area contributed by atoms with Gasteiger partial charge in [0.1, 0.15) is 11.8 Å². The molecule has 106 valence electrons. The minimum atomic E-state index is -4.60. The van der Waals surface area contributed by atoms with E-state index < -0.39 is 23.4 Å². The van der Waals surface area contributed by atoms with Gasteiger partial charge in [-0.05, 0) is 26.3 Å². The minimum absolute atomic E-state index is 0.137. The summed E-state index contributed by atoms with van der Waals surface area (Å²) in [5, 5.41) is 12.1. The number of alkyl halides is 3. The van der Waals surface area contributed by atoms with Crippen LogP contribution in [0.4, 0.5) is 13.2 Å². The topological polar surface area (TPSA) is 66.6 Å². The van der Waals surface area contributed by atoms with Crippen molar-refractivity contribution in [3.63, 3.8) is 0 Å². The molecule has 1 aromatic rings. The van der Waals surface area contributed by atoms with Crippen LogP contribution in [0.15, 0.2) is 10.8 Å². The molecule has 0 aromatic carbocycles. The molecule has 1 fully saturated rings.